The van der Waals surface area contributed by atoms with E-state index in [0.717, 1.165) is 22.2 Å². The maximum Gasteiger partial charge on any atom is 0.328 e. The molecule has 1 unspecified atom stereocenters. The van der Waals surface area contributed by atoms with Gasteiger partial charge < -0.3 is 15.0 Å². The smallest absolute Gasteiger partial charge is 0.328 e. The summed E-state index contributed by atoms with van der Waals surface area (Å²) in [7, 11) is 1.31. The third kappa shape index (κ3) is 3.86. The van der Waals surface area contributed by atoms with Gasteiger partial charge in [0.25, 0.3) is 5.91 Å². The van der Waals surface area contributed by atoms with Crippen LogP contribution in [0.25, 0.3) is 16.6 Å². The molecule has 0 fully saturated rings. The van der Waals surface area contributed by atoms with E-state index in [4.69, 9.17) is 4.74 Å². The Morgan fingerprint density at radius 1 is 1.17 bits per heavy atom. The number of nitrogens with zero attached hydrogens (tertiary/aromatic N) is 3. The van der Waals surface area contributed by atoms with Crippen molar-refractivity contribution in [2.45, 2.75) is 12.5 Å². The lowest BCUT2D eigenvalue weighted by molar-refractivity contribution is -0.142. The van der Waals surface area contributed by atoms with Crippen LogP contribution in [0, 0.1) is 0 Å². The van der Waals surface area contributed by atoms with Crippen LogP contribution >= 0.6 is 0 Å². The minimum absolute atomic E-state index is 0.319. The molecule has 2 heterocycles. The molecule has 0 aliphatic heterocycles. The van der Waals surface area contributed by atoms with Crippen molar-refractivity contribution in [3.63, 3.8) is 0 Å². The molecule has 8 nitrogen and oxygen atoms in total. The van der Waals surface area contributed by atoms with Gasteiger partial charge in [-0.2, -0.15) is 5.10 Å². The highest BCUT2D eigenvalue weighted by atomic mass is 16.5. The predicted molar refractivity (Wildman–Crippen MR) is 107 cm³/mol. The molecule has 1 atom stereocenters. The Labute approximate surface area is 166 Å². The fourth-order valence-electron chi connectivity index (χ4n) is 3.20. The molecular weight excluding hydrogens is 370 g/mol. The van der Waals surface area contributed by atoms with E-state index in [0.29, 0.717) is 12.0 Å². The summed E-state index contributed by atoms with van der Waals surface area (Å²) in [5, 5.41) is 7.84. The molecule has 4 aromatic rings. The van der Waals surface area contributed by atoms with Gasteiger partial charge in [0.1, 0.15) is 18.7 Å². The van der Waals surface area contributed by atoms with Gasteiger partial charge in [-0.05, 0) is 35.9 Å². The summed E-state index contributed by atoms with van der Waals surface area (Å²) in [5.41, 5.74) is 3.11. The second kappa shape index (κ2) is 7.97. The first-order valence-electron chi connectivity index (χ1n) is 9.04. The molecule has 4 rings (SSSR count). The number of esters is 1. The van der Waals surface area contributed by atoms with Crippen LogP contribution in [-0.2, 0) is 16.0 Å². The van der Waals surface area contributed by atoms with E-state index in [2.05, 4.69) is 20.4 Å². The van der Waals surface area contributed by atoms with Gasteiger partial charge in [-0.15, -0.1) is 0 Å². The summed E-state index contributed by atoms with van der Waals surface area (Å²) in [4.78, 5) is 32.1. The lowest BCUT2D eigenvalue weighted by Crippen LogP contribution is -2.43. The summed E-state index contributed by atoms with van der Waals surface area (Å²) in [5.74, 6) is -0.853. The van der Waals surface area contributed by atoms with Crippen LogP contribution in [0.1, 0.15) is 15.9 Å². The lowest BCUT2D eigenvalue weighted by Gasteiger charge is -2.16. The predicted octanol–water partition coefficient (Wildman–Crippen LogP) is 2.26. The zero-order valence-electron chi connectivity index (χ0n) is 15.7. The van der Waals surface area contributed by atoms with E-state index in [-0.39, 0.29) is 5.91 Å². The van der Waals surface area contributed by atoms with Gasteiger partial charge in [0.05, 0.1) is 12.8 Å². The van der Waals surface area contributed by atoms with Crippen molar-refractivity contribution in [2.75, 3.05) is 7.11 Å². The third-order valence-corrected chi connectivity index (χ3v) is 4.70. The van der Waals surface area contributed by atoms with Gasteiger partial charge in [-0.1, -0.05) is 18.2 Å². The Morgan fingerprint density at radius 2 is 1.97 bits per heavy atom. The van der Waals surface area contributed by atoms with Crippen molar-refractivity contribution in [1.82, 2.24) is 25.1 Å². The molecule has 2 aromatic carbocycles. The van der Waals surface area contributed by atoms with E-state index in [1.165, 1.54) is 13.4 Å². The van der Waals surface area contributed by atoms with Gasteiger partial charge >= 0.3 is 5.97 Å². The van der Waals surface area contributed by atoms with E-state index in [9.17, 15) is 9.59 Å². The topological polar surface area (TPSA) is 102 Å². The second-order valence-corrected chi connectivity index (χ2v) is 6.50. The molecule has 0 spiro atoms. The summed E-state index contributed by atoms with van der Waals surface area (Å²) < 4.78 is 6.49. The number of para-hydroxylation sites is 1. The molecule has 146 valence electrons. The van der Waals surface area contributed by atoms with Gasteiger partial charge in [0.2, 0.25) is 0 Å². The molecule has 0 saturated heterocycles. The van der Waals surface area contributed by atoms with E-state index >= 15 is 0 Å². The van der Waals surface area contributed by atoms with Gasteiger partial charge in [-0.25, -0.2) is 14.5 Å². The largest absolute Gasteiger partial charge is 0.467 e. The molecule has 2 N–H and O–H groups in total. The molecule has 0 aliphatic carbocycles. The Bertz CT molecular complexity index is 1130. The quantitative estimate of drug-likeness (QED) is 0.493. The minimum atomic E-state index is -0.804. The highest BCUT2D eigenvalue weighted by molar-refractivity contribution is 5.97. The maximum absolute atomic E-state index is 12.7. The average molecular weight is 389 g/mol. The molecule has 0 saturated carbocycles. The first-order valence-corrected chi connectivity index (χ1v) is 9.04. The summed E-state index contributed by atoms with van der Waals surface area (Å²) in [6.45, 7) is 0. The number of carbonyl (C=O) groups is 2. The van der Waals surface area contributed by atoms with Crippen LogP contribution in [0.3, 0.4) is 0 Å². The van der Waals surface area contributed by atoms with Crippen molar-refractivity contribution in [3.05, 3.63) is 78.5 Å². The number of carbonyl (C=O) groups excluding carboxylic acids is 2. The Kier molecular flexibility index (Phi) is 5.07. The highest BCUT2D eigenvalue weighted by Crippen LogP contribution is 2.19. The van der Waals surface area contributed by atoms with Gasteiger partial charge in [0, 0.05) is 29.1 Å². The molecule has 29 heavy (non-hydrogen) atoms. The van der Waals surface area contributed by atoms with Crippen LogP contribution in [-0.4, -0.2) is 44.8 Å². The zero-order chi connectivity index (χ0) is 20.2. The van der Waals surface area contributed by atoms with Gasteiger partial charge in [0.15, 0.2) is 0 Å². The third-order valence-electron chi connectivity index (χ3n) is 4.70. The number of methoxy groups -OCH3 is 1. The van der Waals surface area contributed by atoms with Crippen LogP contribution in [0.4, 0.5) is 0 Å². The molecular formula is C21H19N5O3. The average Bonchev–Trinajstić information content (AvgIpc) is 3.43. The maximum atomic E-state index is 12.7. The highest BCUT2D eigenvalue weighted by Gasteiger charge is 2.24. The first-order chi connectivity index (χ1) is 14.2. The Morgan fingerprint density at radius 3 is 2.69 bits per heavy atom. The van der Waals surface area contributed by atoms with Crippen molar-refractivity contribution in [3.8, 4) is 5.69 Å². The number of hydrogen-bond donors (Lipinski definition) is 2. The van der Waals surface area contributed by atoms with E-state index in [1.54, 1.807) is 35.3 Å². The lowest BCUT2D eigenvalue weighted by atomic mass is 10.0. The monoisotopic (exact) mass is 389 g/mol. The molecule has 0 aliphatic rings. The van der Waals surface area contributed by atoms with E-state index < -0.39 is 12.0 Å². The molecule has 1 amide bonds. The fourth-order valence-corrected chi connectivity index (χ4v) is 3.20. The number of fused-ring (bicyclic) bond motifs is 1. The van der Waals surface area contributed by atoms with E-state index in [1.807, 2.05) is 30.5 Å². The normalized spacial score (nSPS) is 11.9. The zero-order valence-corrected chi connectivity index (χ0v) is 15.7. The molecule has 0 bridgehead atoms. The van der Waals surface area contributed by atoms with Gasteiger partial charge in [-0.3, -0.25) is 4.79 Å². The molecule has 8 heteroatoms. The number of amides is 1. The molecule has 2 aromatic heterocycles. The SMILES string of the molecule is COC(=O)C(Cc1c[nH]c2ccccc12)NC(=O)c1ccc(-n2cncn2)cc1. The number of aromatic nitrogens is 4. The van der Waals surface area contributed by atoms with Crippen molar-refractivity contribution in [2.24, 2.45) is 0 Å². The first kappa shape index (κ1) is 18.4. The number of rotatable bonds is 6. The fraction of sp³-hybridized carbons (Fsp3) is 0.143. The van der Waals surface area contributed by atoms with Crippen molar-refractivity contribution in [1.29, 1.82) is 0 Å². The van der Waals surface area contributed by atoms with Crippen LogP contribution < -0.4 is 5.32 Å². The number of nitrogens with one attached hydrogen (secondary N) is 2. The Balaban J connectivity index is 1.52. The summed E-state index contributed by atoms with van der Waals surface area (Å²) in [6.07, 6.45) is 5.18. The van der Waals surface area contributed by atoms with Crippen molar-refractivity contribution < 1.29 is 14.3 Å². The van der Waals surface area contributed by atoms with Crippen LogP contribution in [0.2, 0.25) is 0 Å². The minimum Gasteiger partial charge on any atom is -0.467 e. The molecule has 0 radical (unpaired) electrons. The summed E-state index contributed by atoms with van der Waals surface area (Å²) >= 11 is 0. The summed E-state index contributed by atoms with van der Waals surface area (Å²) in [6, 6.07) is 13.9. The number of benzene rings is 2. The Hall–Kier alpha value is -3.94. The number of ether oxygens (including phenoxy) is 1. The number of H-pyrrole nitrogens is 1. The standard InChI is InChI=1S/C21H19N5O3/c1-29-21(28)19(10-15-11-23-18-5-3-2-4-17(15)18)25-20(27)14-6-8-16(9-7-14)26-13-22-12-24-26/h2-9,11-13,19,23H,10H2,1H3,(H,25,27). The number of aromatic amines is 1. The van der Waals surface area contributed by atoms with Crippen LogP contribution in [0.5, 0.6) is 0 Å². The van der Waals surface area contributed by atoms with Crippen molar-refractivity contribution >= 4 is 22.8 Å². The van der Waals surface area contributed by atoms with Crippen LogP contribution in [0.15, 0.2) is 67.4 Å². The second-order valence-electron chi connectivity index (χ2n) is 6.50. The number of hydrogen-bond acceptors (Lipinski definition) is 5.